The maximum atomic E-state index is 12.3. The van der Waals surface area contributed by atoms with Gasteiger partial charge in [-0.05, 0) is 77.4 Å². The quantitative estimate of drug-likeness (QED) is 0.370. The molecule has 0 bridgehead atoms. The number of carbonyl (C=O) groups excluding carboxylic acids is 5. The van der Waals surface area contributed by atoms with Gasteiger partial charge in [0.05, 0.1) is 0 Å². The third-order valence-corrected chi connectivity index (χ3v) is 11.0. The molecule has 2 aromatic carbocycles. The number of nitrogens with one attached hydrogen (secondary N) is 1. The Morgan fingerprint density at radius 2 is 1.00 bits per heavy atom. The lowest BCUT2D eigenvalue weighted by Gasteiger charge is -2.38. The van der Waals surface area contributed by atoms with Crippen molar-refractivity contribution in [3.05, 3.63) is 57.6 Å². The van der Waals surface area contributed by atoms with Gasteiger partial charge in [-0.25, -0.2) is 9.59 Å². The van der Waals surface area contributed by atoms with E-state index >= 15 is 0 Å². The molecule has 0 unspecified atom stereocenters. The van der Waals surface area contributed by atoms with E-state index in [-0.39, 0.29) is 29.6 Å². The normalized spacial score (nSPS) is 17.7. The van der Waals surface area contributed by atoms with Crippen LogP contribution in [0.1, 0.15) is 71.3 Å². The first-order chi connectivity index (χ1) is 28.7. The van der Waals surface area contributed by atoms with E-state index in [9.17, 15) is 24.0 Å². The van der Waals surface area contributed by atoms with Gasteiger partial charge in [-0.15, -0.1) is 0 Å². The van der Waals surface area contributed by atoms with E-state index in [1.807, 2.05) is 63.5 Å². The molecule has 4 amide bonds. The van der Waals surface area contributed by atoms with Gasteiger partial charge in [0.1, 0.15) is 11.2 Å². The predicted octanol–water partition coefficient (Wildman–Crippen LogP) is 5.71. The highest BCUT2D eigenvalue weighted by molar-refractivity contribution is 6.31. The van der Waals surface area contributed by atoms with Crippen molar-refractivity contribution in [2.24, 2.45) is 0 Å². The predicted molar refractivity (Wildman–Crippen MR) is 241 cm³/mol. The SMILES string of the molecule is CC(=O)N1CCN(c2cc(Cl)ccc2C=O)CC1.CC(=O)N1CCN(c2cc(Cl)ccc2CN2CCN(C(=O)OC(C)(C)C)CC2)CC1.CC(C)(C)OC(=O)N1CCNCC1. The van der Waals surface area contributed by atoms with Crippen LogP contribution >= 0.6 is 23.2 Å². The van der Waals surface area contributed by atoms with E-state index in [0.717, 1.165) is 108 Å². The fraction of sp³-hybridized carbons (Fsp3) is 0.614. The summed E-state index contributed by atoms with van der Waals surface area (Å²) in [7, 11) is 0. The molecule has 61 heavy (non-hydrogen) atoms. The number of ether oxygens (including phenoxy) is 2. The van der Waals surface area contributed by atoms with E-state index in [2.05, 4.69) is 26.1 Å². The number of halogens is 2. The van der Waals surface area contributed by atoms with Gasteiger partial charge in [-0.2, -0.15) is 0 Å². The van der Waals surface area contributed by atoms with Crippen molar-refractivity contribution in [1.82, 2.24) is 29.8 Å². The van der Waals surface area contributed by atoms with Crippen molar-refractivity contribution >= 4 is 64.9 Å². The first kappa shape index (κ1) is 49.3. The number of hydrogen-bond donors (Lipinski definition) is 1. The highest BCUT2D eigenvalue weighted by Gasteiger charge is 2.28. The molecular formula is C44H66Cl2N8O7. The number of carbonyl (C=O) groups is 5. The molecule has 0 atom stereocenters. The third kappa shape index (κ3) is 16.2. The van der Waals surface area contributed by atoms with Gasteiger partial charge < -0.3 is 44.2 Å². The smallest absolute Gasteiger partial charge is 0.410 e. The van der Waals surface area contributed by atoms with Crippen LogP contribution in [0.25, 0.3) is 0 Å². The van der Waals surface area contributed by atoms with Gasteiger partial charge in [-0.3, -0.25) is 19.3 Å². The Bertz CT molecular complexity index is 1790. The maximum absolute atomic E-state index is 12.3. The molecule has 0 aromatic heterocycles. The summed E-state index contributed by atoms with van der Waals surface area (Å²) in [5.74, 6) is 0.222. The number of rotatable bonds is 5. The highest BCUT2D eigenvalue weighted by atomic mass is 35.5. The molecule has 0 spiro atoms. The minimum atomic E-state index is -0.473. The molecule has 338 valence electrons. The molecule has 4 fully saturated rings. The average Bonchev–Trinajstić information content (AvgIpc) is 3.21. The molecule has 4 aliphatic heterocycles. The zero-order valence-corrected chi connectivity index (χ0v) is 38.8. The standard InChI is InChI=1S/C22H33ClN4O3.C13H15ClN2O2.C9H18N2O2/c1-17(28)25-11-13-26(14-12-25)20-15-19(23)6-5-18(20)16-24-7-9-27(10-8-24)21(29)30-22(2,3)4;1-10(18)15-4-6-16(7-5-15)13-8-12(14)3-2-11(13)9-17;1-9(2,3)13-8(12)11-6-4-10-5-7-11/h5-6,15H,7-14,16H2,1-4H3;2-3,8-9H,4-7H2,1H3;10H,4-7H2,1-3H3. The Kier molecular flexibility index (Phi) is 18.4. The van der Waals surface area contributed by atoms with Crippen LogP contribution < -0.4 is 15.1 Å². The van der Waals surface area contributed by atoms with Gasteiger partial charge in [0.15, 0.2) is 6.29 Å². The summed E-state index contributed by atoms with van der Waals surface area (Å²) >= 11 is 12.3. The minimum Gasteiger partial charge on any atom is -0.444 e. The summed E-state index contributed by atoms with van der Waals surface area (Å²) in [5.41, 5.74) is 2.99. The van der Waals surface area contributed by atoms with E-state index in [0.29, 0.717) is 36.8 Å². The monoisotopic (exact) mass is 888 g/mol. The molecule has 17 heteroatoms. The lowest BCUT2D eigenvalue weighted by Crippen LogP contribution is -2.50. The Hall–Kier alpha value is -4.31. The van der Waals surface area contributed by atoms with E-state index in [1.165, 1.54) is 5.56 Å². The number of aldehydes is 1. The molecule has 4 heterocycles. The van der Waals surface area contributed by atoms with Crippen LogP contribution in [0, 0.1) is 0 Å². The summed E-state index contributed by atoms with van der Waals surface area (Å²) in [6, 6.07) is 11.3. The van der Waals surface area contributed by atoms with Crippen molar-refractivity contribution in [2.75, 3.05) is 115 Å². The number of hydrogen-bond acceptors (Lipinski definition) is 11. The van der Waals surface area contributed by atoms with E-state index in [4.69, 9.17) is 32.7 Å². The van der Waals surface area contributed by atoms with Crippen LogP contribution in [-0.4, -0.2) is 171 Å². The highest BCUT2D eigenvalue weighted by Crippen LogP contribution is 2.28. The lowest BCUT2D eigenvalue weighted by molar-refractivity contribution is -0.129. The fourth-order valence-corrected chi connectivity index (χ4v) is 7.54. The number of amides is 4. The summed E-state index contributed by atoms with van der Waals surface area (Å²) < 4.78 is 10.7. The average molecular weight is 890 g/mol. The van der Waals surface area contributed by atoms with E-state index < -0.39 is 5.60 Å². The largest absolute Gasteiger partial charge is 0.444 e. The number of anilines is 2. The fourth-order valence-electron chi connectivity index (χ4n) is 7.21. The molecule has 2 aromatic rings. The van der Waals surface area contributed by atoms with Crippen LogP contribution in [0.4, 0.5) is 21.0 Å². The Balaban J connectivity index is 0.000000223. The Labute approximate surface area is 372 Å². The molecule has 6 rings (SSSR count). The maximum Gasteiger partial charge on any atom is 0.410 e. The summed E-state index contributed by atoms with van der Waals surface area (Å²) in [6.07, 6.45) is 0.398. The van der Waals surface area contributed by atoms with Crippen LogP contribution in [0.15, 0.2) is 36.4 Å². The first-order valence-corrected chi connectivity index (χ1v) is 21.9. The van der Waals surface area contributed by atoms with Gasteiger partial charge in [-0.1, -0.05) is 29.3 Å². The Morgan fingerprint density at radius 3 is 1.44 bits per heavy atom. The lowest BCUT2D eigenvalue weighted by atomic mass is 10.1. The molecule has 0 saturated carbocycles. The summed E-state index contributed by atoms with van der Waals surface area (Å²) in [5, 5.41) is 4.52. The second-order valence-corrected chi connectivity index (χ2v) is 18.4. The van der Waals surface area contributed by atoms with E-state index in [1.54, 1.807) is 41.8 Å². The van der Waals surface area contributed by atoms with Crippen molar-refractivity contribution < 1.29 is 33.4 Å². The van der Waals surface area contributed by atoms with Crippen molar-refractivity contribution in [3.8, 4) is 0 Å². The van der Waals surface area contributed by atoms with Gasteiger partial charge in [0, 0.05) is 152 Å². The minimum absolute atomic E-state index is 0.0938. The summed E-state index contributed by atoms with van der Waals surface area (Å²) in [4.78, 5) is 71.6. The third-order valence-electron chi connectivity index (χ3n) is 10.5. The molecule has 0 aliphatic carbocycles. The zero-order chi connectivity index (χ0) is 44.9. The molecule has 4 aliphatic rings. The molecule has 15 nitrogen and oxygen atoms in total. The number of nitrogens with zero attached hydrogens (tertiary/aromatic N) is 7. The van der Waals surface area contributed by atoms with Crippen molar-refractivity contribution in [1.29, 1.82) is 0 Å². The second kappa shape index (κ2) is 22.7. The van der Waals surface area contributed by atoms with Crippen LogP contribution in [0.5, 0.6) is 0 Å². The van der Waals surface area contributed by atoms with Crippen molar-refractivity contribution in [3.63, 3.8) is 0 Å². The number of benzene rings is 2. The zero-order valence-electron chi connectivity index (χ0n) is 37.3. The van der Waals surface area contributed by atoms with Gasteiger partial charge in [0.2, 0.25) is 11.8 Å². The molecular weight excluding hydrogens is 823 g/mol. The molecule has 1 N–H and O–H groups in total. The van der Waals surface area contributed by atoms with Crippen LogP contribution in [0.2, 0.25) is 10.0 Å². The molecule has 4 saturated heterocycles. The first-order valence-electron chi connectivity index (χ1n) is 21.2. The molecule has 0 radical (unpaired) electrons. The van der Waals surface area contributed by atoms with Gasteiger partial charge >= 0.3 is 12.2 Å². The topological polar surface area (TPSA) is 139 Å². The summed E-state index contributed by atoms with van der Waals surface area (Å²) in [6.45, 7) is 27.3. The van der Waals surface area contributed by atoms with Crippen LogP contribution in [0.3, 0.4) is 0 Å². The van der Waals surface area contributed by atoms with Gasteiger partial charge in [0.25, 0.3) is 0 Å². The number of piperazine rings is 4. The van der Waals surface area contributed by atoms with Crippen LogP contribution in [-0.2, 0) is 25.6 Å². The second-order valence-electron chi connectivity index (χ2n) is 17.5. The van der Waals surface area contributed by atoms with Crippen molar-refractivity contribution in [2.45, 2.75) is 73.1 Å². The Morgan fingerprint density at radius 1 is 0.590 bits per heavy atom.